The summed E-state index contributed by atoms with van der Waals surface area (Å²) in [6, 6.07) is 8.88. The van der Waals surface area contributed by atoms with Crippen LogP contribution in [0, 0.1) is 6.92 Å². The minimum Gasteiger partial charge on any atom is -0.455 e. The molecule has 0 aromatic heterocycles. The van der Waals surface area contributed by atoms with Crippen LogP contribution in [0.4, 0.5) is 13.2 Å². The molecule has 0 bridgehead atoms. The van der Waals surface area contributed by atoms with Crippen LogP contribution in [0.5, 0.6) is 11.5 Å². The fourth-order valence-electron chi connectivity index (χ4n) is 1.78. The van der Waals surface area contributed by atoms with E-state index in [-0.39, 0.29) is 16.5 Å². The molecule has 0 aliphatic heterocycles. The number of rotatable bonds is 3. The zero-order valence-electron chi connectivity index (χ0n) is 11.0. The van der Waals surface area contributed by atoms with Crippen molar-refractivity contribution >= 4 is 27.5 Å². The van der Waals surface area contributed by atoms with Gasteiger partial charge in [0.1, 0.15) is 11.5 Å². The highest BCUT2D eigenvalue weighted by atomic mass is 79.9. The first kappa shape index (κ1) is 16.2. The number of hydrogen-bond acceptors (Lipinski definition) is 1. The van der Waals surface area contributed by atoms with Gasteiger partial charge in [0, 0.05) is 5.33 Å². The monoisotopic (exact) mass is 378 g/mol. The second kappa shape index (κ2) is 6.28. The molecule has 0 heterocycles. The molecule has 1 nitrogen and oxygen atoms in total. The van der Waals surface area contributed by atoms with Crippen molar-refractivity contribution < 1.29 is 17.9 Å². The summed E-state index contributed by atoms with van der Waals surface area (Å²) in [6.45, 7) is 1.81. The van der Waals surface area contributed by atoms with Crippen molar-refractivity contribution in [3.05, 3.63) is 58.1 Å². The molecule has 0 unspecified atom stereocenters. The van der Waals surface area contributed by atoms with Crippen molar-refractivity contribution in [1.29, 1.82) is 0 Å². The number of halogens is 5. The number of benzene rings is 2. The molecule has 0 radical (unpaired) electrons. The molecule has 0 aliphatic rings. The fourth-order valence-corrected chi connectivity index (χ4v) is 2.28. The lowest BCUT2D eigenvalue weighted by Gasteiger charge is -2.15. The standard InChI is InChI=1S/C15H11BrClF3O/c1-9-2-4-12(17)14(6-9)21-13-5-3-10(8-16)7-11(13)15(18,19)20/h2-7H,8H2,1H3. The molecule has 0 N–H and O–H groups in total. The highest BCUT2D eigenvalue weighted by Gasteiger charge is 2.35. The maximum absolute atomic E-state index is 13.1. The Hall–Kier alpha value is -1.20. The summed E-state index contributed by atoms with van der Waals surface area (Å²) < 4.78 is 44.7. The van der Waals surface area contributed by atoms with Crippen molar-refractivity contribution in [2.75, 3.05) is 0 Å². The second-order valence-electron chi connectivity index (χ2n) is 4.50. The van der Waals surface area contributed by atoms with E-state index in [1.165, 1.54) is 6.07 Å². The number of ether oxygens (including phenoxy) is 1. The largest absolute Gasteiger partial charge is 0.455 e. The smallest absolute Gasteiger partial charge is 0.419 e. The third-order valence-corrected chi connectivity index (χ3v) is 3.77. The number of aryl methyl sites for hydroxylation is 1. The van der Waals surface area contributed by atoms with Crippen LogP contribution in [-0.4, -0.2) is 0 Å². The summed E-state index contributed by atoms with van der Waals surface area (Å²) in [5.74, 6) is -0.0616. The third-order valence-electron chi connectivity index (χ3n) is 2.81. The predicted molar refractivity (Wildman–Crippen MR) is 80.3 cm³/mol. The molecule has 0 saturated carbocycles. The maximum atomic E-state index is 13.1. The summed E-state index contributed by atoms with van der Waals surface area (Å²) >= 11 is 9.10. The third kappa shape index (κ3) is 3.92. The molecule has 0 aliphatic carbocycles. The van der Waals surface area contributed by atoms with Crippen LogP contribution in [0.1, 0.15) is 16.7 Å². The highest BCUT2D eigenvalue weighted by molar-refractivity contribution is 9.08. The SMILES string of the molecule is Cc1ccc(Cl)c(Oc2ccc(CBr)cc2C(F)(F)F)c1. The van der Waals surface area contributed by atoms with Crippen molar-refractivity contribution in [1.82, 2.24) is 0 Å². The lowest BCUT2D eigenvalue weighted by Crippen LogP contribution is -2.08. The quantitative estimate of drug-likeness (QED) is 0.564. The van der Waals surface area contributed by atoms with Gasteiger partial charge in [0.2, 0.25) is 0 Å². The van der Waals surface area contributed by atoms with Gasteiger partial charge in [-0.05, 0) is 42.3 Å². The fraction of sp³-hybridized carbons (Fsp3) is 0.200. The summed E-state index contributed by atoms with van der Waals surface area (Å²) in [6.07, 6.45) is -4.50. The minimum absolute atomic E-state index is 0.203. The van der Waals surface area contributed by atoms with Gasteiger partial charge >= 0.3 is 6.18 Å². The molecule has 112 valence electrons. The van der Waals surface area contributed by atoms with Gasteiger partial charge in [0.25, 0.3) is 0 Å². The normalized spacial score (nSPS) is 11.5. The molecule has 2 aromatic carbocycles. The van der Waals surface area contributed by atoms with Crippen LogP contribution < -0.4 is 4.74 Å². The first-order valence-corrected chi connectivity index (χ1v) is 7.51. The Morgan fingerprint density at radius 3 is 2.43 bits per heavy atom. The molecule has 2 rings (SSSR count). The average Bonchev–Trinajstić information content (AvgIpc) is 2.42. The van der Waals surface area contributed by atoms with E-state index in [1.807, 2.05) is 6.92 Å². The zero-order valence-corrected chi connectivity index (χ0v) is 13.3. The lowest BCUT2D eigenvalue weighted by atomic mass is 10.1. The Bertz CT molecular complexity index is 656. The Labute approximate surface area is 133 Å². The van der Waals surface area contributed by atoms with E-state index in [0.717, 1.165) is 11.6 Å². The van der Waals surface area contributed by atoms with Crippen LogP contribution in [0.15, 0.2) is 36.4 Å². The van der Waals surface area contributed by atoms with Gasteiger partial charge < -0.3 is 4.74 Å². The predicted octanol–water partition coefficient (Wildman–Crippen LogP) is 6.35. The molecule has 0 atom stereocenters. The first-order chi connectivity index (χ1) is 9.81. The minimum atomic E-state index is -4.50. The van der Waals surface area contributed by atoms with Crippen molar-refractivity contribution in [3.8, 4) is 11.5 Å². The van der Waals surface area contributed by atoms with Crippen molar-refractivity contribution in [2.45, 2.75) is 18.4 Å². The van der Waals surface area contributed by atoms with E-state index >= 15 is 0 Å². The summed E-state index contributed by atoms with van der Waals surface area (Å²) in [5.41, 5.74) is 0.544. The van der Waals surface area contributed by atoms with Gasteiger partial charge in [-0.1, -0.05) is 39.7 Å². The Morgan fingerprint density at radius 1 is 1.10 bits per heavy atom. The summed E-state index contributed by atoms with van der Waals surface area (Å²) in [4.78, 5) is 0. The van der Waals surface area contributed by atoms with Gasteiger partial charge in [0.15, 0.2) is 0 Å². The lowest BCUT2D eigenvalue weighted by molar-refractivity contribution is -0.138. The summed E-state index contributed by atoms with van der Waals surface area (Å²) in [5, 5.41) is 0.597. The van der Waals surface area contributed by atoms with E-state index in [1.54, 1.807) is 24.3 Å². The van der Waals surface area contributed by atoms with Gasteiger partial charge in [-0.25, -0.2) is 0 Å². The summed E-state index contributed by atoms with van der Waals surface area (Å²) in [7, 11) is 0. The van der Waals surface area contributed by atoms with Gasteiger partial charge in [0.05, 0.1) is 10.6 Å². The number of alkyl halides is 4. The molecular formula is C15H11BrClF3O. The van der Waals surface area contributed by atoms with E-state index in [0.29, 0.717) is 10.9 Å². The Balaban J connectivity index is 2.46. The molecule has 0 amide bonds. The second-order valence-corrected chi connectivity index (χ2v) is 5.47. The van der Waals surface area contributed by atoms with Crippen LogP contribution in [-0.2, 0) is 11.5 Å². The van der Waals surface area contributed by atoms with Crippen LogP contribution in [0.25, 0.3) is 0 Å². The van der Waals surface area contributed by atoms with Crippen LogP contribution >= 0.6 is 27.5 Å². The van der Waals surface area contributed by atoms with E-state index < -0.39 is 11.7 Å². The van der Waals surface area contributed by atoms with Crippen molar-refractivity contribution in [2.24, 2.45) is 0 Å². The van der Waals surface area contributed by atoms with Gasteiger partial charge in [-0.2, -0.15) is 13.2 Å². The highest BCUT2D eigenvalue weighted by Crippen LogP contribution is 2.40. The van der Waals surface area contributed by atoms with Crippen LogP contribution in [0.2, 0.25) is 5.02 Å². The molecular weight excluding hydrogens is 369 g/mol. The van der Waals surface area contributed by atoms with Gasteiger partial charge in [-0.15, -0.1) is 0 Å². The average molecular weight is 380 g/mol. The molecule has 6 heteroatoms. The molecule has 21 heavy (non-hydrogen) atoms. The molecule has 0 spiro atoms. The van der Waals surface area contributed by atoms with E-state index in [4.69, 9.17) is 16.3 Å². The molecule has 2 aromatic rings. The number of hydrogen-bond donors (Lipinski definition) is 0. The van der Waals surface area contributed by atoms with Gasteiger partial charge in [-0.3, -0.25) is 0 Å². The first-order valence-electron chi connectivity index (χ1n) is 6.01. The zero-order chi connectivity index (χ0) is 15.6. The van der Waals surface area contributed by atoms with E-state index in [2.05, 4.69) is 15.9 Å². The molecule has 0 fully saturated rings. The Kier molecular flexibility index (Phi) is 4.84. The Morgan fingerprint density at radius 2 is 1.81 bits per heavy atom. The van der Waals surface area contributed by atoms with Crippen LogP contribution in [0.3, 0.4) is 0 Å². The van der Waals surface area contributed by atoms with E-state index in [9.17, 15) is 13.2 Å². The maximum Gasteiger partial charge on any atom is 0.419 e. The molecule has 0 saturated heterocycles. The topological polar surface area (TPSA) is 9.23 Å². The van der Waals surface area contributed by atoms with Crippen molar-refractivity contribution in [3.63, 3.8) is 0 Å².